The molecule has 0 atom stereocenters. The van der Waals surface area contributed by atoms with Crippen molar-refractivity contribution in [2.24, 2.45) is 15.7 Å². The van der Waals surface area contributed by atoms with Gasteiger partial charge in [-0.15, -0.1) is 0 Å². The third kappa shape index (κ3) is 2.31. The summed E-state index contributed by atoms with van der Waals surface area (Å²) < 4.78 is 4.96. The molecule has 4 nitrogen and oxygen atoms in total. The van der Waals surface area contributed by atoms with Crippen molar-refractivity contribution in [3.8, 4) is 0 Å². The van der Waals surface area contributed by atoms with Crippen molar-refractivity contribution < 1.29 is 4.74 Å². The number of nitrogens with two attached hydrogens (primary N) is 1. The summed E-state index contributed by atoms with van der Waals surface area (Å²) in [6.07, 6.45) is 3.75. The summed E-state index contributed by atoms with van der Waals surface area (Å²) >= 11 is 0. The number of hydrogen-bond acceptors (Lipinski definition) is 4. The van der Waals surface area contributed by atoms with Gasteiger partial charge in [0.05, 0.1) is 12.7 Å². The van der Waals surface area contributed by atoms with Gasteiger partial charge in [-0.05, 0) is 12.8 Å². The standard InChI is InChI=1S/C9H15N3O/c1-11-6-7(9(10)13-2)8-4-3-5-12-8/h6H,3-5,10H2,1-2H3. The first-order valence-electron chi connectivity index (χ1n) is 4.29. The summed E-state index contributed by atoms with van der Waals surface area (Å²) in [7, 11) is 3.26. The average molecular weight is 181 g/mol. The number of ether oxygens (including phenoxy) is 1. The minimum Gasteiger partial charge on any atom is -0.482 e. The molecule has 0 radical (unpaired) electrons. The summed E-state index contributed by atoms with van der Waals surface area (Å²) in [5.74, 6) is 0.395. The van der Waals surface area contributed by atoms with Crippen LogP contribution >= 0.6 is 0 Å². The summed E-state index contributed by atoms with van der Waals surface area (Å²) in [4.78, 5) is 8.26. The number of nitrogens with zero attached hydrogens (tertiary/aromatic N) is 2. The van der Waals surface area contributed by atoms with E-state index in [0.29, 0.717) is 5.88 Å². The van der Waals surface area contributed by atoms with Gasteiger partial charge in [-0.2, -0.15) is 0 Å². The molecule has 0 unspecified atom stereocenters. The molecule has 0 bridgehead atoms. The maximum absolute atomic E-state index is 5.67. The van der Waals surface area contributed by atoms with Crippen molar-refractivity contribution in [1.29, 1.82) is 0 Å². The smallest absolute Gasteiger partial charge is 0.194 e. The van der Waals surface area contributed by atoms with Crippen LogP contribution in [0.4, 0.5) is 0 Å². The molecule has 0 fully saturated rings. The van der Waals surface area contributed by atoms with Gasteiger partial charge in [-0.25, -0.2) is 0 Å². The van der Waals surface area contributed by atoms with Gasteiger partial charge < -0.3 is 10.5 Å². The molecular formula is C9H15N3O. The third-order valence-corrected chi connectivity index (χ3v) is 1.93. The maximum atomic E-state index is 5.67. The van der Waals surface area contributed by atoms with E-state index in [4.69, 9.17) is 10.5 Å². The zero-order valence-corrected chi connectivity index (χ0v) is 8.08. The van der Waals surface area contributed by atoms with E-state index >= 15 is 0 Å². The largest absolute Gasteiger partial charge is 0.482 e. The lowest BCUT2D eigenvalue weighted by atomic mass is 10.1. The molecule has 1 aliphatic heterocycles. The summed E-state index contributed by atoms with van der Waals surface area (Å²) in [6.45, 7) is 0.882. The lowest BCUT2D eigenvalue weighted by Crippen LogP contribution is -2.12. The monoisotopic (exact) mass is 181 g/mol. The molecule has 0 spiro atoms. The van der Waals surface area contributed by atoms with Crippen molar-refractivity contribution >= 4 is 11.9 Å². The van der Waals surface area contributed by atoms with Gasteiger partial charge in [0.1, 0.15) is 0 Å². The fourth-order valence-corrected chi connectivity index (χ4v) is 1.28. The first kappa shape index (κ1) is 9.77. The highest BCUT2D eigenvalue weighted by molar-refractivity contribution is 6.16. The van der Waals surface area contributed by atoms with Crippen LogP contribution < -0.4 is 5.73 Å². The van der Waals surface area contributed by atoms with E-state index in [1.165, 1.54) is 0 Å². The highest BCUT2D eigenvalue weighted by Crippen LogP contribution is 2.12. The Morgan fingerprint density at radius 3 is 2.92 bits per heavy atom. The SMILES string of the molecule is CN=CC(C1=NCCC1)=C(N)OC. The summed E-state index contributed by atoms with van der Waals surface area (Å²) in [6, 6.07) is 0. The molecule has 0 aromatic rings. The molecule has 0 aromatic heterocycles. The molecule has 72 valence electrons. The Balaban J connectivity index is 2.91. The lowest BCUT2D eigenvalue weighted by molar-refractivity contribution is 0.286. The molecule has 0 amide bonds. The summed E-state index contributed by atoms with van der Waals surface area (Å²) in [5, 5.41) is 0. The van der Waals surface area contributed by atoms with Crippen molar-refractivity contribution in [2.45, 2.75) is 12.8 Å². The zero-order valence-electron chi connectivity index (χ0n) is 8.08. The second kappa shape index (κ2) is 4.64. The molecular weight excluding hydrogens is 166 g/mol. The first-order valence-corrected chi connectivity index (χ1v) is 4.29. The summed E-state index contributed by atoms with van der Waals surface area (Å²) in [5.41, 5.74) is 7.49. The number of methoxy groups -OCH3 is 1. The minimum absolute atomic E-state index is 0.395. The number of rotatable bonds is 3. The second-order valence-electron chi connectivity index (χ2n) is 2.80. The van der Waals surface area contributed by atoms with Crippen LogP contribution in [0.2, 0.25) is 0 Å². The van der Waals surface area contributed by atoms with Gasteiger partial charge in [-0.1, -0.05) is 0 Å². The van der Waals surface area contributed by atoms with Gasteiger partial charge in [-0.3, -0.25) is 9.98 Å². The van der Waals surface area contributed by atoms with E-state index in [1.54, 1.807) is 20.4 Å². The van der Waals surface area contributed by atoms with E-state index in [2.05, 4.69) is 9.98 Å². The topological polar surface area (TPSA) is 60.0 Å². The van der Waals surface area contributed by atoms with Crippen LogP contribution in [-0.4, -0.2) is 32.6 Å². The Hall–Kier alpha value is -1.32. The molecule has 2 N–H and O–H groups in total. The van der Waals surface area contributed by atoms with E-state index in [9.17, 15) is 0 Å². The Kier molecular flexibility index (Phi) is 3.49. The predicted molar refractivity (Wildman–Crippen MR) is 54.2 cm³/mol. The van der Waals surface area contributed by atoms with E-state index in [0.717, 1.165) is 30.7 Å². The fraction of sp³-hybridized carbons (Fsp3) is 0.556. The molecule has 4 heteroatoms. The van der Waals surface area contributed by atoms with Crippen LogP contribution in [0, 0.1) is 0 Å². The van der Waals surface area contributed by atoms with E-state index in [1.807, 2.05) is 0 Å². The van der Waals surface area contributed by atoms with Gasteiger partial charge >= 0.3 is 0 Å². The highest BCUT2D eigenvalue weighted by Gasteiger charge is 2.13. The van der Waals surface area contributed by atoms with Gasteiger partial charge in [0.15, 0.2) is 5.88 Å². The van der Waals surface area contributed by atoms with Crippen molar-refractivity contribution in [2.75, 3.05) is 20.7 Å². The molecule has 0 aromatic carbocycles. The van der Waals surface area contributed by atoms with Crippen LogP contribution in [0.5, 0.6) is 0 Å². The molecule has 1 heterocycles. The van der Waals surface area contributed by atoms with E-state index in [-0.39, 0.29) is 0 Å². The normalized spacial score (nSPS) is 18.8. The molecule has 13 heavy (non-hydrogen) atoms. The molecule has 0 saturated heterocycles. The maximum Gasteiger partial charge on any atom is 0.194 e. The fourth-order valence-electron chi connectivity index (χ4n) is 1.28. The average Bonchev–Trinajstić information content (AvgIpc) is 2.65. The number of hydrogen-bond donors (Lipinski definition) is 1. The van der Waals surface area contributed by atoms with Crippen molar-refractivity contribution in [1.82, 2.24) is 0 Å². The Morgan fingerprint density at radius 1 is 1.69 bits per heavy atom. The molecule has 1 aliphatic rings. The number of allylic oxidation sites excluding steroid dienone is 1. The van der Waals surface area contributed by atoms with Crippen LogP contribution in [0.15, 0.2) is 21.4 Å². The Bertz CT molecular complexity index is 266. The Labute approximate surface area is 78.2 Å². The quantitative estimate of drug-likeness (QED) is 0.515. The van der Waals surface area contributed by atoms with Crippen LogP contribution in [0.3, 0.4) is 0 Å². The zero-order chi connectivity index (χ0) is 9.68. The molecule has 0 saturated carbocycles. The Morgan fingerprint density at radius 2 is 2.46 bits per heavy atom. The van der Waals surface area contributed by atoms with Crippen LogP contribution in [0.25, 0.3) is 0 Å². The highest BCUT2D eigenvalue weighted by atomic mass is 16.5. The van der Waals surface area contributed by atoms with Crippen LogP contribution in [-0.2, 0) is 4.74 Å². The lowest BCUT2D eigenvalue weighted by Gasteiger charge is -2.05. The second-order valence-corrected chi connectivity index (χ2v) is 2.80. The van der Waals surface area contributed by atoms with Crippen molar-refractivity contribution in [3.63, 3.8) is 0 Å². The third-order valence-electron chi connectivity index (χ3n) is 1.93. The van der Waals surface area contributed by atoms with Crippen LogP contribution in [0.1, 0.15) is 12.8 Å². The van der Waals surface area contributed by atoms with E-state index < -0.39 is 0 Å². The molecule has 1 rings (SSSR count). The van der Waals surface area contributed by atoms with Gasteiger partial charge in [0, 0.05) is 25.5 Å². The number of aliphatic imine (C=N–C) groups is 2. The van der Waals surface area contributed by atoms with Gasteiger partial charge in [0.25, 0.3) is 0 Å². The first-order chi connectivity index (χ1) is 6.29. The van der Waals surface area contributed by atoms with Crippen molar-refractivity contribution in [3.05, 3.63) is 11.5 Å². The molecule has 0 aliphatic carbocycles. The van der Waals surface area contributed by atoms with Gasteiger partial charge in [0.2, 0.25) is 0 Å². The minimum atomic E-state index is 0.395. The predicted octanol–water partition coefficient (Wildman–Crippen LogP) is 0.739.